The van der Waals surface area contributed by atoms with Crippen LogP contribution in [0.2, 0.25) is 0 Å². The quantitative estimate of drug-likeness (QED) is 0.440. The third-order valence-electron chi connectivity index (χ3n) is 4.12. The third kappa shape index (κ3) is 3.85. The van der Waals surface area contributed by atoms with E-state index in [4.69, 9.17) is 4.74 Å². The second-order valence-electron chi connectivity index (χ2n) is 5.77. The second kappa shape index (κ2) is 7.51. The Labute approximate surface area is 138 Å². The minimum Gasteiger partial charge on any atom is -0.494 e. The van der Waals surface area contributed by atoms with E-state index in [1.807, 2.05) is 19.1 Å². The van der Waals surface area contributed by atoms with Crippen molar-refractivity contribution in [1.82, 2.24) is 14.7 Å². The van der Waals surface area contributed by atoms with Crippen molar-refractivity contribution in [3.63, 3.8) is 0 Å². The van der Waals surface area contributed by atoms with E-state index in [1.54, 1.807) is 17.9 Å². The summed E-state index contributed by atoms with van der Waals surface area (Å²) in [5.41, 5.74) is 0.992. The van der Waals surface area contributed by atoms with Crippen molar-refractivity contribution in [2.75, 3.05) is 39.8 Å². The van der Waals surface area contributed by atoms with Gasteiger partial charge in [0.1, 0.15) is 11.6 Å². The zero-order valence-electron chi connectivity index (χ0n) is 14.3. The Balaban J connectivity index is 2.28. The Hall–Kier alpha value is -2.01. The zero-order valence-corrected chi connectivity index (χ0v) is 14.3. The molecule has 0 aromatic carbocycles. The Morgan fingerprint density at radius 3 is 2.57 bits per heavy atom. The zero-order chi connectivity index (χ0) is 17.0. The first kappa shape index (κ1) is 17.3. The van der Waals surface area contributed by atoms with E-state index < -0.39 is 0 Å². The van der Waals surface area contributed by atoms with E-state index in [9.17, 15) is 0 Å². The summed E-state index contributed by atoms with van der Waals surface area (Å²) < 4.78 is 20.4. The summed E-state index contributed by atoms with van der Waals surface area (Å²) in [7, 11) is 2.10. The second-order valence-corrected chi connectivity index (χ2v) is 5.77. The fourth-order valence-electron chi connectivity index (χ4n) is 2.62. The Bertz CT molecular complexity index is 569. The molecular formula is C18H26FN3O. The van der Waals surface area contributed by atoms with Crippen molar-refractivity contribution < 1.29 is 9.13 Å². The number of piperazine rings is 1. The molecule has 0 unspecified atom stereocenters. The van der Waals surface area contributed by atoms with Gasteiger partial charge in [-0.15, -0.1) is 0 Å². The largest absolute Gasteiger partial charge is 0.494 e. The highest BCUT2D eigenvalue weighted by Crippen LogP contribution is 2.31. The number of allylic oxidation sites excluding steroid dienone is 4. The maximum Gasteiger partial charge on any atom is 0.206 e. The molecule has 0 saturated carbocycles. The van der Waals surface area contributed by atoms with Gasteiger partial charge in [-0.05, 0) is 33.0 Å². The van der Waals surface area contributed by atoms with Crippen LogP contribution in [0, 0.1) is 0 Å². The van der Waals surface area contributed by atoms with Crippen LogP contribution in [-0.4, -0.2) is 54.5 Å². The lowest BCUT2D eigenvalue weighted by Gasteiger charge is -2.41. The van der Waals surface area contributed by atoms with Crippen molar-refractivity contribution in [1.29, 1.82) is 0 Å². The molecule has 2 rings (SSSR count). The molecule has 5 heteroatoms. The molecule has 1 fully saturated rings. The maximum atomic E-state index is 15.1. The summed E-state index contributed by atoms with van der Waals surface area (Å²) in [6.07, 6.45) is 5.64. The van der Waals surface area contributed by atoms with Crippen LogP contribution < -0.4 is 0 Å². The lowest BCUT2D eigenvalue weighted by atomic mass is 10.2. The maximum absolute atomic E-state index is 15.1. The van der Waals surface area contributed by atoms with Crippen molar-refractivity contribution in [3.05, 3.63) is 60.2 Å². The van der Waals surface area contributed by atoms with Crippen LogP contribution in [0.15, 0.2) is 60.2 Å². The monoisotopic (exact) mass is 319 g/mol. The minimum atomic E-state index is -0.386. The Kier molecular flexibility index (Phi) is 5.66. The van der Waals surface area contributed by atoms with Crippen LogP contribution >= 0.6 is 0 Å². The lowest BCUT2D eigenvalue weighted by Crippen LogP contribution is -2.47. The minimum absolute atomic E-state index is 0.352. The summed E-state index contributed by atoms with van der Waals surface area (Å²) in [5.74, 6) is 0.778. The van der Waals surface area contributed by atoms with E-state index in [-0.39, 0.29) is 5.95 Å². The average molecular weight is 319 g/mol. The van der Waals surface area contributed by atoms with E-state index in [0.29, 0.717) is 23.6 Å². The molecule has 126 valence electrons. The highest BCUT2D eigenvalue weighted by Gasteiger charge is 2.27. The molecule has 4 nitrogen and oxygen atoms in total. The van der Waals surface area contributed by atoms with E-state index in [0.717, 1.165) is 32.0 Å². The highest BCUT2D eigenvalue weighted by atomic mass is 19.1. The Morgan fingerprint density at radius 2 is 1.96 bits per heavy atom. The smallest absolute Gasteiger partial charge is 0.206 e. The van der Waals surface area contributed by atoms with E-state index >= 15 is 4.39 Å². The predicted octanol–water partition coefficient (Wildman–Crippen LogP) is 3.21. The Morgan fingerprint density at radius 1 is 1.30 bits per heavy atom. The fourth-order valence-corrected chi connectivity index (χ4v) is 2.62. The highest BCUT2D eigenvalue weighted by molar-refractivity contribution is 5.37. The molecule has 0 aliphatic carbocycles. The molecule has 0 atom stereocenters. The van der Waals surface area contributed by atoms with Gasteiger partial charge >= 0.3 is 0 Å². The molecule has 0 aromatic heterocycles. The third-order valence-corrected chi connectivity index (χ3v) is 4.12. The number of likely N-dealkylation sites (N-methyl/N-ethyl adjacent to an activating group) is 1. The number of halogens is 1. The molecule has 0 spiro atoms. The van der Waals surface area contributed by atoms with Gasteiger partial charge in [-0.1, -0.05) is 19.2 Å². The molecule has 0 N–H and O–H groups in total. The van der Waals surface area contributed by atoms with Crippen LogP contribution in [0.25, 0.3) is 0 Å². The van der Waals surface area contributed by atoms with Crippen LogP contribution in [0.5, 0.6) is 0 Å². The van der Waals surface area contributed by atoms with Gasteiger partial charge in [-0.25, -0.2) is 0 Å². The number of hydrogen-bond acceptors (Lipinski definition) is 4. The fraction of sp³-hybridized carbons (Fsp3) is 0.444. The summed E-state index contributed by atoms with van der Waals surface area (Å²) in [5, 5.41) is 0. The molecule has 0 bridgehead atoms. The topological polar surface area (TPSA) is 19.0 Å². The first-order valence-electron chi connectivity index (χ1n) is 7.95. The predicted molar refractivity (Wildman–Crippen MR) is 91.8 cm³/mol. The molecule has 0 radical (unpaired) electrons. The first-order chi connectivity index (χ1) is 11.0. The van der Waals surface area contributed by atoms with E-state index in [2.05, 4.69) is 30.0 Å². The summed E-state index contributed by atoms with van der Waals surface area (Å²) >= 11 is 0. The van der Waals surface area contributed by atoms with Gasteiger partial charge in [-0.3, -0.25) is 4.90 Å². The molecular weight excluding hydrogens is 293 g/mol. The molecule has 0 amide bonds. The van der Waals surface area contributed by atoms with Crippen LogP contribution in [0.3, 0.4) is 0 Å². The molecule has 1 saturated heterocycles. The van der Waals surface area contributed by atoms with Gasteiger partial charge in [0.25, 0.3) is 0 Å². The number of hydrogen-bond donors (Lipinski definition) is 0. The molecule has 23 heavy (non-hydrogen) atoms. The van der Waals surface area contributed by atoms with Gasteiger partial charge < -0.3 is 14.5 Å². The van der Waals surface area contributed by atoms with Gasteiger partial charge in [0.05, 0.1) is 6.61 Å². The summed E-state index contributed by atoms with van der Waals surface area (Å²) in [6, 6.07) is 0. The molecule has 0 aromatic rings. The van der Waals surface area contributed by atoms with Crippen molar-refractivity contribution in [2.45, 2.75) is 13.8 Å². The molecule has 2 aliphatic rings. The first-order valence-corrected chi connectivity index (χ1v) is 7.95. The van der Waals surface area contributed by atoms with Gasteiger partial charge in [0.2, 0.25) is 5.95 Å². The average Bonchev–Trinajstić information content (AvgIpc) is 2.54. The SMILES string of the molecule is C=C(OCC)/C(C)=C(\F)N1C(=C)C=CC=C1N1CCN(C)CC1. The normalized spacial score (nSPS) is 20.3. The lowest BCUT2D eigenvalue weighted by molar-refractivity contribution is 0.151. The molecule has 2 heterocycles. The van der Waals surface area contributed by atoms with Crippen LogP contribution in [0.4, 0.5) is 4.39 Å². The van der Waals surface area contributed by atoms with Crippen LogP contribution in [0.1, 0.15) is 13.8 Å². The number of nitrogens with zero attached hydrogens (tertiary/aromatic N) is 3. The number of rotatable bonds is 5. The number of ether oxygens (including phenoxy) is 1. The van der Waals surface area contributed by atoms with Crippen molar-refractivity contribution >= 4 is 0 Å². The summed E-state index contributed by atoms with van der Waals surface area (Å²) in [6.45, 7) is 15.4. The van der Waals surface area contributed by atoms with Gasteiger partial charge in [-0.2, -0.15) is 4.39 Å². The van der Waals surface area contributed by atoms with Crippen molar-refractivity contribution in [2.24, 2.45) is 0 Å². The van der Waals surface area contributed by atoms with Gasteiger partial charge in [0.15, 0.2) is 0 Å². The standard InChI is InChI=1S/C18H26FN3O/c1-6-23-16(4)15(3)18(19)22-14(2)8-7-9-17(22)21-12-10-20(5)11-13-21/h7-9H,2,4,6,10-13H2,1,3,5H3/b18-15+. The molecule has 2 aliphatic heterocycles. The summed E-state index contributed by atoms with van der Waals surface area (Å²) in [4.78, 5) is 6.00. The van der Waals surface area contributed by atoms with E-state index in [1.165, 1.54) is 0 Å². The van der Waals surface area contributed by atoms with Gasteiger partial charge in [0, 0.05) is 37.4 Å². The van der Waals surface area contributed by atoms with Crippen molar-refractivity contribution in [3.8, 4) is 0 Å². The van der Waals surface area contributed by atoms with Crippen LogP contribution in [-0.2, 0) is 4.74 Å².